The van der Waals surface area contributed by atoms with E-state index in [1.165, 1.54) is 0 Å². The average Bonchev–Trinajstić information content (AvgIpc) is 2.83. The molecule has 0 bridgehead atoms. The van der Waals surface area contributed by atoms with Crippen LogP contribution < -0.4 is 5.32 Å². The average molecular weight is 301 g/mol. The van der Waals surface area contributed by atoms with Crippen LogP contribution in [0.1, 0.15) is 38.3 Å². The van der Waals surface area contributed by atoms with Crippen molar-refractivity contribution in [2.24, 2.45) is 0 Å². The van der Waals surface area contributed by atoms with E-state index in [1.54, 1.807) is 6.07 Å². The van der Waals surface area contributed by atoms with E-state index in [1.807, 2.05) is 39.0 Å². The number of alkyl carbamates (subject to hydrolysis) is 1. The highest BCUT2D eigenvalue weighted by Gasteiger charge is 2.26. The maximum absolute atomic E-state index is 11.8. The molecule has 1 atom stereocenters. The van der Waals surface area contributed by atoms with Gasteiger partial charge in [-0.3, -0.25) is 4.90 Å². The van der Waals surface area contributed by atoms with E-state index in [9.17, 15) is 4.79 Å². The first kappa shape index (κ1) is 16.3. The number of ether oxygens (including phenoxy) is 1. The van der Waals surface area contributed by atoms with Crippen LogP contribution >= 0.6 is 0 Å². The first-order valence-electron chi connectivity index (χ1n) is 7.56. The topological polar surface area (TPSA) is 65.4 Å². The fraction of sp³-hybridized carbons (Fsp3) is 0.529. The number of benzene rings is 1. The van der Waals surface area contributed by atoms with Crippen molar-refractivity contribution >= 4 is 6.09 Å². The molecule has 5 nitrogen and oxygen atoms in total. The van der Waals surface area contributed by atoms with E-state index in [-0.39, 0.29) is 12.1 Å². The predicted octanol–water partition coefficient (Wildman–Crippen LogP) is 2.66. The third kappa shape index (κ3) is 5.05. The second-order valence-corrected chi connectivity index (χ2v) is 6.68. The van der Waals surface area contributed by atoms with Gasteiger partial charge in [0.05, 0.1) is 11.6 Å². The lowest BCUT2D eigenvalue weighted by Gasteiger charge is -2.22. The van der Waals surface area contributed by atoms with Crippen LogP contribution in [0.2, 0.25) is 0 Å². The Kier molecular flexibility index (Phi) is 5.04. The van der Waals surface area contributed by atoms with Gasteiger partial charge in [0, 0.05) is 25.7 Å². The maximum Gasteiger partial charge on any atom is 0.407 e. The first-order valence-corrected chi connectivity index (χ1v) is 7.56. The van der Waals surface area contributed by atoms with Crippen LogP contribution in [0.15, 0.2) is 24.3 Å². The van der Waals surface area contributed by atoms with E-state index >= 15 is 0 Å². The Labute approximate surface area is 131 Å². The summed E-state index contributed by atoms with van der Waals surface area (Å²) in [5.41, 5.74) is 1.33. The smallest absolute Gasteiger partial charge is 0.407 e. The number of likely N-dealkylation sites (tertiary alicyclic amines) is 1. The monoisotopic (exact) mass is 301 g/mol. The lowest BCUT2D eigenvalue weighted by atomic mass is 10.1. The summed E-state index contributed by atoms with van der Waals surface area (Å²) in [5, 5.41) is 11.9. The summed E-state index contributed by atoms with van der Waals surface area (Å²) in [6.45, 7) is 8.09. The quantitative estimate of drug-likeness (QED) is 0.932. The van der Waals surface area contributed by atoms with Gasteiger partial charge in [0.25, 0.3) is 0 Å². The van der Waals surface area contributed by atoms with Gasteiger partial charge in [0.15, 0.2) is 0 Å². The van der Waals surface area contributed by atoms with Crippen molar-refractivity contribution in [2.75, 3.05) is 13.1 Å². The van der Waals surface area contributed by atoms with Crippen LogP contribution in [0.3, 0.4) is 0 Å². The van der Waals surface area contributed by atoms with Crippen molar-refractivity contribution in [3.05, 3.63) is 35.4 Å². The molecule has 1 N–H and O–H groups in total. The molecule has 0 saturated carbocycles. The minimum absolute atomic E-state index is 0.119. The molecule has 0 aromatic heterocycles. The van der Waals surface area contributed by atoms with Gasteiger partial charge in [-0.25, -0.2) is 4.79 Å². The number of nitriles is 1. The molecule has 1 unspecified atom stereocenters. The van der Waals surface area contributed by atoms with Crippen molar-refractivity contribution in [2.45, 2.75) is 45.4 Å². The molecule has 2 rings (SSSR count). The molecule has 0 aliphatic carbocycles. The predicted molar refractivity (Wildman–Crippen MR) is 84.2 cm³/mol. The highest BCUT2D eigenvalue weighted by Crippen LogP contribution is 2.15. The molecular weight excluding hydrogens is 278 g/mol. The molecule has 1 heterocycles. The molecule has 1 aliphatic heterocycles. The number of carbonyl (C=O) groups excluding carboxylic acids is 1. The molecule has 1 amide bonds. The number of rotatable bonds is 3. The summed E-state index contributed by atoms with van der Waals surface area (Å²) >= 11 is 0. The van der Waals surface area contributed by atoms with Gasteiger partial charge >= 0.3 is 6.09 Å². The molecule has 0 radical (unpaired) electrons. The summed E-state index contributed by atoms with van der Waals surface area (Å²) in [4.78, 5) is 14.1. The Morgan fingerprint density at radius 2 is 2.27 bits per heavy atom. The third-order valence-electron chi connectivity index (χ3n) is 3.46. The van der Waals surface area contributed by atoms with Crippen LogP contribution in [0.25, 0.3) is 0 Å². The van der Waals surface area contributed by atoms with E-state index in [2.05, 4.69) is 16.3 Å². The number of nitrogens with zero attached hydrogens (tertiary/aromatic N) is 2. The van der Waals surface area contributed by atoms with Crippen molar-refractivity contribution in [1.29, 1.82) is 5.26 Å². The second kappa shape index (κ2) is 6.80. The largest absolute Gasteiger partial charge is 0.444 e. The number of carbonyl (C=O) groups is 1. The zero-order valence-corrected chi connectivity index (χ0v) is 13.4. The summed E-state index contributed by atoms with van der Waals surface area (Å²) in [5.74, 6) is 0. The Bertz CT molecular complexity index is 572. The van der Waals surface area contributed by atoms with E-state index < -0.39 is 5.60 Å². The standard InChI is InChI=1S/C17H23N3O2/c1-17(2,3)22-16(21)19-15-7-8-20(12-15)11-14-6-4-5-13(9-14)10-18/h4-6,9,15H,7-8,11-12H2,1-3H3,(H,19,21). The van der Waals surface area contributed by atoms with Crippen LogP contribution in [0.5, 0.6) is 0 Å². The van der Waals surface area contributed by atoms with Crippen molar-refractivity contribution in [3.63, 3.8) is 0 Å². The Balaban J connectivity index is 1.83. The minimum Gasteiger partial charge on any atom is -0.444 e. The van der Waals surface area contributed by atoms with Gasteiger partial charge in [-0.15, -0.1) is 0 Å². The Morgan fingerprint density at radius 1 is 1.50 bits per heavy atom. The highest BCUT2D eigenvalue weighted by molar-refractivity contribution is 5.68. The van der Waals surface area contributed by atoms with Gasteiger partial charge in [-0.05, 0) is 44.9 Å². The molecule has 1 saturated heterocycles. The van der Waals surface area contributed by atoms with Crippen molar-refractivity contribution in [3.8, 4) is 6.07 Å². The van der Waals surface area contributed by atoms with Crippen LogP contribution in [0, 0.1) is 11.3 Å². The lowest BCUT2D eigenvalue weighted by Crippen LogP contribution is -2.40. The summed E-state index contributed by atoms with van der Waals surface area (Å²) in [6, 6.07) is 9.92. The Hall–Kier alpha value is -2.06. The molecule has 22 heavy (non-hydrogen) atoms. The first-order chi connectivity index (χ1) is 10.4. The van der Waals surface area contributed by atoms with E-state index in [4.69, 9.17) is 10.00 Å². The van der Waals surface area contributed by atoms with Crippen molar-refractivity contribution in [1.82, 2.24) is 10.2 Å². The number of hydrogen-bond donors (Lipinski definition) is 1. The lowest BCUT2D eigenvalue weighted by molar-refractivity contribution is 0.0506. The van der Waals surface area contributed by atoms with E-state index in [0.29, 0.717) is 5.56 Å². The third-order valence-corrected chi connectivity index (χ3v) is 3.46. The molecule has 1 aromatic carbocycles. The molecule has 5 heteroatoms. The SMILES string of the molecule is CC(C)(C)OC(=O)NC1CCN(Cc2cccc(C#N)c2)C1. The van der Waals surface area contributed by atoms with Crippen molar-refractivity contribution < 1.29 is 9.53 Å². The normalized spacial score (nSPS) is 18.7. The summed E-state index contributed by atoms with van der Waals surface area (Å²) < 4.78 is 5.28. The van der Waals surface area contributed by atoms with Gasteiger partial charge in [-0.2, -0.15) is 5.26 Å². The van der Waals surface area contributed by atoms with Gasteiger partial charge in [0.2, 0.25) is 0 Å². The van der Waals surface area contributed by atoms with E-state index in [0.717, 1.165) is 31.6 Å². The van der Waals surface area contributed by atoms with Gasteiger partial charge in [-0.1, -0.05) is 12.1 Å². The van der Waals surface area contributed by atoms with Crippen LogP contribution in [-0.4, -0.2) is 35.7 Å². The fourth-order valence-corrected chi connectivity index (χ4v) is 2.57. The van der Waals surface area contributed by atoms with Gasteiger partial charge in [0.1, 0.15) is 5.60 Å². The number of nitrogens with one attached hydrogen (secondary N) is 1. The number of amides is 1. The van der Waals surface area contributed by atoms with Crippen LogP contribution in [0.4, 0.5) is 4.79 Å². The molecule has 0 spiro atoms. The highest BCUT2D eigenvalue weighted by atomic mass is 16.6. The maximum atomic E-state index is 11.8. The molecule has 1 fully saturated rings. The zero-order chi connectivity index (χ0) is 16.2. The molecule has 1 aromatic rings. The fourth-order valence-electron chi connectivity index (χ4n) is 2.57. The van der Waals surface area contributed by atoms with Gasteiger partial charge < -0.3 is 10.1 Å². The summed E-state index contributed by atoms with van der Waals surface area (Å²) in [7, 11) is 0. The molecule has 1 aliphatic rings. The molecular formula is C17H23N3O2. The second-order valence-electron chi connectivity index (χ2n) is 6.68. The van der Waals surface area contributed by atoms with Crippen LogP contribution in [-0.2, 0) is 11.3 Å². The zero-order valence-electron chi connectivity index (χ0n) is 13.4. The summed E-state index contributed by atoms with van der Waals surface area (Å²) in [6.07, 6.45) is 0.558. The molecule has 118 valence electrons. The Morgan fingerprint density at radius 3 is 2.95 bits per heavy atom. The minimum atomic E-state index is -0.472. The number of hydrogen-bond acceptors (Lipinski definition) is 4.